The zero-order valence-corrected chi connectivity index (χ0v) is 8.77. The SMILES string of the molecule is Cc1ccc(CN2CC(CC(=O)O)C2)o1. The number of hydrogen-bond acceptors (Lipinski definition) is 3. The average molecular weight is 209 g/mol. The van der Waals surface area contributed by atoms with E-state index < -0.39 is 5.97 Å². The molecule has 0 aromatic carbocycles. The molecule has 1 N–H and O–H groups in total. The molecular formula is C11H15NO3. The van der Waals surface area contributed by atoms with E-state index >= 15 is 0 Å². The van der Waals surface area contributed by atoms with Crippen LogP contribution in [0.2, 0.25) is 0 Å². The van der Waals surface area contributed by atoms with Gasteiger partial charge in [0.2, 0.25) is 0 Å². The Labute approximate surface area is 88.5 Å². The number of nitrogens with zero attached hydrogens (tertiary/aromatic N) is 1. The van der Waals surface area contributed by atoms with E-state index in [1.807, 2.05) is 19.1 Å². The highest BCUT2D eigenvalue weighted by molar-refractivity contribution is 5.67. The van der Waals surface area contributed by atoms with Crippen LogP contribution in [-0.4, -0.2) is 29.1 Å². The molecule has 0 radical (unpaired) electrons. The molecule has 0 atom stereocenters. The van der Waals surface area contributed by atoms with Crippen LogP contribution in [-0.2, 0) is 11.3 Å². The summed E-state index contributed by atoms with van der Waals surface area (Å²) in [6.07, 6.45) is 0.285. The van der Waals surface area contributed by atoms with Gasteiger partial charge >= 0.3 is 5.97 Å². The van der Waals surface area contributed by atoms with Crippen LogP contribution in [0.25, 0.3) is 0 Å². The molecule has 0 aliphatic carbocycles. The minimum Gasteiger partial charge on any atom is -0.481 e. The largest absolute Gasteiger partial charge is 0.481 e. The highest BCUT2D eigenvalue weighted by Crippen LogP contribution is 2.21. The second-order valence-corrected chi connectivity index (χ2v) is 4.17. The van der Waals surface area contributed by atoms with E-state index in [0.717, 1.165) is 31.2 Å². The summed E-state index contributed by atoms with van der Waals surface area (Å²) in [6.45, 7) is 4.45. The molecule has 15 heavy (non-hydrogen) atoms. The van der Waals surface area contributed by atoms with Crippen molar-refractivity contribution in [1.82, 2.24) is 4.90 Å². The van der Waals surface area contributed by atoms with Gasteiger partial charge in [0.05, 0.1) is 13.0 Å². The van der Waals surface area contributed by atoms with Crippen LogP contribution in [0.1, 0.15) is 17.9 Å². The number of hydrogen-bond donors (Lipinski definition) is 1. The Morgan fingerprint density at radius 2 is 2.33 bits per heavy atom. The normalized spacial score (nSPS) is 17.7. The monoisotopic (exact) mass is 209 g/mol. The van der Waals surface area contributed by atoms with Gasteiger partial charge in [-0.05, 0) is 25.0 Å². The molecule has 0 bridgehead atoms. The molecule has 1 saturated heterocycles. The highest BCUT2D eigenvalue weighted by Gasteiger charge is 2.28. The van der Waals surface area contributed by atoms with Crippen LogP contribution in [0.4, 0.5) is 0 Å². The molecule has 0 unspecified atom stereocenters. The van der Waals surface area contributed by atoms with Crippen LogP contribution in [0, 0.1) is 12.8 Å². The summed E-state index contributed by atoms with van der Waals surface area (Å²) in [7, 11) is 0. The van der Waals surface area contributed by atoms with Crippen molar-refractivity contribution in [1.29, 1.82) is 0 Å². The first-order valence-electron chi connectivity index (χ1n) is 5.13. The summed E-state index contributed by atoms with van der Waals surface area (Å²) in [6, 6.07) is 3.92. The zero-order valence-electron chi connectivity index (χ0n) is 8.77. The Morgan fingerprint density at radius 3 is 2.87 bits per heavy atom. The minimum atomic E-state index is -0.700. The number of likely N-dealkylation sites (tertiary alicyclic amines) is 1. The Hall–Kier alpha value is -1.29. The Bertz CT molecular complexity index is 352. The minimum absolute atomic E-state index is 0.285. The molecule has 0 saturated carbocycles. The van der Waals surface area contributed by atoms with Crippen LogP contribution < -0.4 is 0 Å². The lowest BCUT2D eigenvalue weighted by atomic mass is 9.96. The van der Waals surface area contributed by atoms with E-state index in [1.54, 1.807) is 0 Å². The fourth-order valence-electron chi connectivity index (χ4n) is 1.97. The number of aryl methyl sites for hydroxylation is 1. The van der Waals surface area contributed by atoms with Crippen LogP contribution in [0.5, 0.6) is 0 Å². The summed E-state index contributed by atoms with van der Waals surface area (Å²) >= 11 is 0. The number of aliphatic carboxylic acids is 1. The molecule has 1 aromatic heterocycles. The van der Waals surface area contributed by atoms with Crippen molar-refractivity contribution < 1.29 is 14.3 Å². The molecule has 0 spiro atoms. The molecule has 4 nitrogen and oxygen atoms in total. The van der Waals surface area contributed by atoms with Gasteiger partial charge in [-0.15, -0.1) is 0 Å². The molecule has 1 fully saturated rings. The predicted octanol–water partition coefficient (Wildman–Crippen LogP) is 1.49. The van der Waals surface area contributed by atoms with Crippen molar-refractivity contribution in [2.24, 2.45) is 5.92 Å². The van der Waals surface area contributed by atoms with Crippen molar-refractivity contribution in [2.75, 3.05) is 13.1 Å². The van der Waals surface area contributed by atoms with Gasteiger partial charge in [0.15, 0.2) is 0 Å². The first-order valence-corrected chi connectivity index (χ1v) is 5.13. The zero-order chi connectivity index (χ0) is 10.8. The summed E-state index contributed by atoms with van der Waals surface area (Å²) in [5.41, 5.74) is 0. The maximum absolute atomic E-state index is 10.4. The molecular weight excluding hydrogens is 194 g/mol. The smallest absolute Gasteiger partial charge is 0.303 e. The third kappa shape index (κ3) is 2.59. The quantitative estimate of drug-likeness (QED) is 0.816. The van der Waals surface area contributed by atoms with Gasteiger partial charge < -0.3 is 9.52 Å². The fraction of sp³-hybridized carbons (Fsp3) is 0.545. The molecule has 2 heterocycles. The van der Waals surface area contributed by atoms with Gasteiger partial charge in [-0.2, -0.15) is 0 Å². The first-order chi connectivity index (χ1) is 7.13. The highest BCUT2D eigenvalue weighted by atomic mass is 16.4. The van der Waals surface area contributed by atoms with Crippen molar-refractivity contribution in [3.05, 3.63) is 23.7 Å². The van der Waals surface area contributed by atoms with Gasteiger partial charge in [0.1, 0.15) is 11.5 Å². The Balaban J connectivity index is 1.74. The lowest BCUT2D eigenvalue weighted by Crippen LogP contribution is -2.46. The van der Waals surface area contributed by atoms with Gasteiger partial charge in [-0.25, -0.2) is 0 Å². The molecule has 1 aromatic rings. The summed E-state index contributed by atoms with van der Waals surface area (Å²) in [4.78, 5) is 12.6. The van der Waals surface area contributed by atoms with Gasteiger partial charge in [-0.3, -0.25) is 9.69 Å². The Morgan fingerprint density at radius 1 is 1.60 bits per heavy atom. The van der Waals surface area contributed by atoms with Gasteiger partial charge in [0, 0.05) is 13.1 Å². The molecule has 1 aliphatic heterocycles. The third-order valence-electron chi connectivity index (χ3n) is 2.67. The number of carbonyl (C=O) groups is 1. The second kappa shape index (κ2) is 4.06. The number of carboxylic acid groups (broad SMARTS) is 1. The van der Waals surface area contributed by atoms with E-state index in [1.165, 1.54) is 0 Å². The van der Waals surface area contributed by atoms with Gasteiger partial charge in [-0.1, -0.05) is 0 Å². The fourth-order valence-corrected chi connectivity index (χ4v) is 1.97. The van der Waals surface area contributed by atoms with Crippen LogP contribution in [0.3, 0.4) is 0 Å². The van der Waals surface area contributed by atoms with E-state index in [9.17, 15) is 4.79 Å². The van der Waals surface area contributed by atoms with Crippen molar-refractivity contribution >= 4 is 5.97 Å². The molecule has 82 valence electrons. The molecule has 1 aliphatic rings. The number of carboxylic acids is 1. The maximum atomic E-state index is 10.4. The van der Waals surface area contributed by atoms with Crippen molar-refractivity contribution in [3.63, 3.8) is 0 Å². The number of rotatable bonds is 4. The first kappa shape index (κ1) is 10.2. The second-order valence-electron chi connectivity index (χ2n) is 4.17. The summed E-state index contributed by atoms with van der Waals surface area (Å²) in [5.74, 6) is 1.50. The van der Waals surface area contributed by atoms with Crippen LogP contribution in [0.15, 0.2) is 16.5 Å². The molecule has 4 heteroatoms. The average Bonchev–Trinajstić information content (AvgIpc) is 2.47. The Kier molecular flexibility index (Phi) is 2.77. The van der Waals surface area contributed by atoms with Crippen molar-refractivity contribution in [2.45, 2.75) is 19.9 Å². The lowest BCUT2D eigenvalue weighted by Gasteiger charge is -2.37. The summed E-state index contributed by atoms with van der Waals surface area (Å²) < 4.78 is 5.45. The van der Waals surface area contributed by atoms with E-state index in [0.29, 0.717) is 5.92 Å². The molecule has 2 rings (SSSR count). The van der Waals surface area contributed by atoms with Crippen LogP contribution >= 0.6 is 0 Å². The summed E-state index contributed by atoms with van der Waals surface area (Å²) in [5, 5.41) is 8.59. The van der Waals surface area contributed by atoms with Gasteiger partial charge in [0.25, 0.3) is 0 Å². The lowest BCUT2D eigenvalue weighted by molar-refractivity contribution is -0.139. The third-order valence-corrected chi connectivity index (χ3v) is 2.67. The van der Waals surface area contributed by atoms with E-state index in [4.69, 9.17) is 9.52 Å². The van der Waals surface area contributed by atoms with E-state index in [2.05, 4.69) is 4.90 Å². The standard InChI is InChI=1S/C11H15NO3/c1-8-2-3-10(15-8)7-12-5-9(6-12)4-11(13)14/h2-3,9H,4-7H2,1H3,(H,13,14). The van der Waals surface area contributed by atoms with Crippen molar-refractivity contribution in [3.8, 4) is 0 Å². The maximum Gasteiger partial charge on any atom is 0.303 e. The van der Waals surface area contributed by atoms with E-state index in [-0.39, 0.29) is 6.42 Å². The predicted molar refractivity (Wildman–Crippen MR) is 54.5 cm³/mol. The molecule has 0 amide bonds. The topological polar surface area (TPSA) is 53.7 Å². The number of furan rings is 1.